The minimum atomic E-state index is -0.264. The van der Waals surface area contributed by atoms with Gasteiger partial charge < -0.3 is 9.30 Å². The van der Waals surface area contributed by atoms with Crippen molar-refractivity contribution in [2.24, 2.45) is 0 Å². The first-order valence-electron chi connectivity index (χ1n) is 9.89. The van der Waals surface area contributed by atoms with Gasteiger partial charge in [0.15, 0.2) is 0 Å². The van der Waals surface area contributed by atoms with Crippen molar-refractivity contribution in [2.75, 3.05) is 7.11 Å². The molecular weight excluding hydrogens is 395 g/mol. The molecule has 152 valence electrons. The molecule has 0 bridgehead atoms. The van der Waals surface area contributed by atoms with Gasteiger partial charge in [-0.15, -0.1) is 0 Å². The molecule has 0 aliphatic carbocycles. The van der Waals surface area contributed by atoms with E-state index in [1.165, 1.54) is 17.7 Å². The van der Waals surface area contributed by atoms with E-state index in [-0.39, 0.29) is 5.82 Å². The molecule has 1 aromatic heterocycles. The van der Waals surface area contributed by atoms with Gasteiger partial charge >= 0.3 is 0 Å². The van der Waals surface area contributed by atoms with E-state index in [0.29, 0.717) is 17.2 Å². The van der Waals surface area contributed by atoms with Gasteiger partial charge in [-0.05, 0) is 59.6 Å². The largest absolute Gasteiger partial charge is 0.497 e. The quantitative estimate of drug-likeness (QED) is 0.335. The van der Waals surface area contributed by atoms with Crippen molar-refractivity contribution >= 4 is 23.1 Å². The summed E-state index contributed by atoms with van der Waals surface area (Å²) in [5.74, 6) is 0.946. The molecule has 3 aromatic carbocycles. The first-order valence-corrected chi connectivity index (χ1v) is 10.3. The number of halogens is 1. The Morgan fingerprint density at radius 1 is 1.03 bits per heavy atom. The minimum Gasteiger partial charge on any atom is -0.497 e. The predicted molar refractivity (Wildman–Crippen MR) is 122 cm³/mol. The standard InChI is InChI=1S/C25H23FN2OS/c1-16(2)18-7-9-19(10-8-18)24-22-14-21(29-3)11-12-23(22)28(25(30)27-24)15-17-5-4-6-20(26)13-17/h4-14,16H,15H2,1-3H3. The number of ether oxygens (including phenoxy) is 1. The molecular formula is C25H23FN2OS. The first kappa shape index (κ1) is 20.2. The highest BCUT2D eigenvalue weighted by atomic mass is 32.1. The molecule has 0 amide bonds. The summed E-state index contributed by atoms with van der Waals surface area (Å²) in [6, 6.07) is 20.9. The van der Waals surface area contributed by atoms with E-state index in [9.17, 15) is 4.39 Å². The Hall–Kier alpha value is -3.05. The maximum atomic E-state index is 13.7. The van der Waals surface area contributed by atoms with Gasteiger partial charge in [0.1, 0.15) is 11.6 Å². The molecule has 0 atom stereocenters. The molecule has 0 aliphatic heterocycles. The number of aromatic nitrogens is 2. The fourth-order valence-electron chi connectivity index (χ4n) is 3.60. The van der Waals surface area contributed by atoms with E-state index in [2.05, 4.69) is 38.1 Å². The van der Waals surface area contributed by atoms with Crippen molar-refractivity contribution < 1.29 is 9.13 Å². The lowest BCUT2D eigenvalue weighted by Gasteiger charge is -2.16. The number of hydrogen-bond acceptors (Lipinski definition) is 3. The first-order chi connectivity index (χ1) is 14.5. The van der Waals surface area contributed by atoms with E-state index < -0.39 is 0 Å². The van der Waals surface area contributed by atoms with E-state index in [1.54, 1.807) is 13.2 Å². The molecule has 5 heteroatoms. The predicted octanol–water partition coefficient (Wildman–Crippen LogP) is 6.75. The van der Waals surface area contributed by atoms with Crippen LogP contribution in [0.5, 0.6) is 5.75 Å². The Kier molecular flexibility index (Phi) is 5.64. The molecule has 0 N–H and O–H groups in total. The van der Waals surface area contributed by atoms with E-state index in [0.717, 1.165) is 33.5 Å². The second kappa shape index (κ2) is 8.36. The third kappa shape index (κ3) is 3.98. The van der Waals surface area contributed by atoms with Crippen LogP contribution in [0.2, 0.25) is 0 Å². The van der Waals surface area contributed by atoms with Crippen LogP contribution >= 0.6 is 12.2 Å². The van der Waals surface area contributed by atoms with Crippen LogP contribution in [0.1, 0.15) is 30.9 Å². The molecule has 0 unspecified atom stereocenters. The van der Waals surface area contributed by atoms with Crippen molar-refractivity contribution in [3.63, 3.8) is 0 Å². The van der Waals surface area contributed by atoms with Gasteiger partial charge in [-0.25, -0.2) is 9.37 Å². The number of nitrogens with zero attached hydrogens (tertiary/aromatic N) is 2. The van der Waals surface area contributed by atoms with Crippen LogP contribution in [0, 0.1) is 10.6 Å². The molecule has 1 heterocycles. The zero-order chi connectivity index (χ0) is 21.3. The topological polar surface area (TPSA) is 27.1 Å². The Balaban J connectivity index is 1.90. The summed E-state index contributed by atoms with van der Waals surface area (Å²) >= 11 is 5.65. The summed E-state index contributed by atoms with van der Waals surface area (Å²) in [5.41, 5.74) is 4.86. The minimum absolute atomic E-state index is 0.264. The summed E-state index contributed by atoms with van der Waals surface area (Å²) in [6.07, 6.45) is 0. The van der Waals surface area contributed by atoms with Gasteiger partial charge in [0.25, 0.3) is 0 Å². The summed E-state index contributed by atoms with van der Waals surface area (Å²) in [5, 5.41) is 0.941. The number of hydrogen-bond donors (Lipinski definition) is 0. The Bertz CT molecular complexity index is 1260. The van der Waals surface area contributed by atoms with Gasteiger partial charge in [0.2, 0.25) is 4.77 Å². The van der Waals surface area contributed by atoms with Crippen molar-refractivity contribution in [1.29, 1.82) is 0 Å². The average Bonchev–Trinajstić information content (AvgIpc) is 2.75. The number of rotatable bonds is 5. The molecule has 0 spiro atoms. The lowest BCUT2D eigenvalue weighted by molar-refractivity contribution is 0.415. The molecule has 4 rings (SSSR count). The highest BCUT2D eigenvalue weighted by molar-refractivity contribution is 7.71. The third-order valence-electron chi connectivity index (χ3n) is 5.27. The Morgan fingerprint density at radius 3 is 2.47 bits per heavy atom. The molecule has 4 aromatic rings. The maximum absolute atomic E-state index is 13.7. The van der Waals surface area contributed by atoms with Gasteiger partial charge in [-0.2, -0.15) is 0 Å². The van der Waals surface area contributed by atoms with Crippen molar-refractivity contribution in [1.82, 2.24) is 9.55 Å². The normalized spacial score (nSPS) is 11.2. The molecule has 3 nitrogen and oxygen atoms in total. The lowest BCUT2D eigenvalue weighted by atomic mass is 9.99. The number of fused-ring (bicyclic) bond motifs is 1. The smallest absolute Gasteiger partial charge is 0.200 e. The molecule has 30 heavy (non-hydrogen) atoms. The molecule has 0 fully saturated rings. The van der Waals surface area contributed by atoms with Gasteiger partial charge in [-0.1, -0.05) is 50.2 Å². The van der Waals surface area contributed by atoms with Crippen LogP contribution in [-0.2, 0) is 6.54 Å². The van der Waals surface area contributed by atoms with Gasteiger partial charge in [0.05, 0.1) is 24.9 Å². The van der Waals surface area contributed by atoms with Crippen LogP contribution in [0.25, 0.3) is 22.2 Å². The number of methoxy groups -OCH3 is 1. The van der Waals surface area contributed by atoms with Crippen LogP contribution in [0.15, 0.2) is 66.7 Å². The van der Waals surface area contributed by atoms with Crippen LogP contribution in [0.4, 0.5) is 4.39 Å². The number of benzene rings is 3. The van der Waals surface area contributed by atoms with Gasteiger partial charge in [0, 0.05) is 10.9 Å². The summed E-state index contributed by atoms with van der Waals surface area (Å²) < 4.78 is 21.5. The summed E-state index contributed by atoms with van der Waals surface area (Å²) in [6.45, 7) is 4.79. The highest BCUT2D eigenvalue weighted by Gasteiger charge is 2.13. The van der Waals surface area contributed by atoms with Crippen LogP contribution < -0.4 is 4.74 Å². The zero-order valence-corrected chi connectivity index (χ0v) is 18.0. The fourth-order valence-corrected chi connectivity index (χ4v) is 3.86. The van der Waals surface area contributed by atoms with Crippen LogP contribution in [-0.4, -0.2) is 16.7 Å². The van der Waals surface area contributed by atoms with E-state index in [1.807, 2.05) is 28.8 Å². The summed E-state index contributed by atoms with van der Waals surface area (Å²) in [4.78, 5) is 4.77. The SMILES string of the molecule is COc1ccc2c(c1)c(-c1ccc(C(C)C)cc1)nc(=S)n2Cc1cccc(F)c1. The average molecular weight is 419 g/mol. The molecule has 0 saturated carbocycles. The maximum Gasteiger partial charge on any atom is 0.200 e. The van der Waals surface area contributed by atoms with Gasteiger partial charge in [-0.3, -0.25) is 0 Å². The highest BCUT2D eigenvalue weighted by Crippen LogP contribution is 2.31. The fraction of sp³-hybridized carbons (Fsp3) is 0.200. The van der Waals surface area contributed by atoms with Crippen LogP contribution in [0.3, 0.4) is 0 Å². The third-order valence-corrected chi connectivity index (χ3v) is 5.58. The van der Waals surface area contributed by atoms with Crippen molar-refractivity contribution in [3.05, 3.63) is 88.4 Å². The second-order valence-corrected chi connectivity index (χ2v) is 7.98. The lowest BCUT2D eigenvalue weighted by Crippen LogP contribution is -2.07. The zero-order valence-electron chi connectivity index (χ0n) is 17.2. The Morgan fingerprint density at radius 2 is 1.80 bits per heavy atom. The molecule has 0 saturated heterocycles. The van der Waals surface area contributed by atoms with E-state index >= 15 is 0 Å². The van der Waals surface area contributed by atoms with Crippen molar-refractivity contribution in [2.45, 2.75) is 26.3 Å². The molecule has 0 radical (unpaired) electrons. The monoisotopic (exact) mass is 418 g/mol. The van der Waals surface area contributed by atoms with Crippen molar-refractivity contribution in [3.8, 4) is 17.0 Å². The van der Waals surface area contributed by atoms with E-state index in [4.69, 9.17) is 21.9 Å². The second-order valence-electron chi connectivity index (χ2n) is 7.62. The molecule has 0 aliphatic rings. The Labute approximate surface area is 180 Å². The summed E-state index contributed by atoms with van der Waals surface area (Å²) in [7, 11) is 1.65.